The lowest BCUT2D eigenvalue weighted by Gasteiger charge is -2.13. The van der Waals surface area contributed by atoms with Gasteiger partial charge in [0.2, 0.25) is 0 Å². The maximum atomic E-state index is 12.2. The number of pyridine rings is 1. The van der Waals surface area contributed by atoms with Crippen molar-refractivity contribution < 1.29 is 19.0 Å². The lowest BCUT2D eigenvalue weighted by molar-refractivity contribution is -0.123. The molecule has 4 aromatic rings. The molecule has 1 N–H and O–H groups in total. The van der Waals surface area contributed by atoms with Crippen molar-refractivity contribution in [2.24, 2.45) is 5.10 Å². The van der Waals surface area contributed by atoms with Gasteiger partial charge in [-0.15, -0.1) is 0 Å². The van der Waals surface area contributed by atoms with Crippen molar-refractivity contribution in [3.63, 3.8) is 0 Å². The molecular formula is C26H21BrIN3O4. The Kier molecular flexibility index (Phi) is 8.54. The molecule has 1 heterocycles. The first-order chi connectivity index (χ1) is 17.0. The molecule has 0 unspecified atom stereocenters. The minimum atomic E-state index is -0.391. The Morgan fingerprint density at radius 1 is 1.09 bits per heavy atom. The number of para-hydroxylation sites is 1. The Morgan fingerprint density at radius 2 is 1.89 bits per heavy atom. The molecule has 1 aromatic heterocycles. The molecule has 0 atom stereocenters. The SMILES string of the molecule is COc1cc(/C=N/NC(=O)COc2cccc3cccnc23)cc(Br)c1OCc1ccc(I)cc1. The molecule has 3 aromatic carbocycles. The fourth-order valence-corrected chi connectivity index (χ4v) is 4.17. The van der Waals surface area contributed by atoms with Crippen LogP contribution in [0.2, 0.25) is 0 Å². The highest BCUT2D eigenvalue weighted by atomic mass is 127. The number of carbonyl (C=O) groups is 1. The zero-order valence-electron chi connectivity index (χ0n) is 18.7. The molecule has 7 nitrogen and oxygen atoms in total. The second-order valence-electron chi connectivity index (χ2n) is 7.36. The van der Waals surface area contributed by atoms with Gasteiger partial charge in [0.1, 0.15) is 17.9 Å². The number of nitrogens with zero attached hydrogens (tertiary/aromatic N) is 2. The van der Waals surface area contributed by atoms with Crippen LogP contribution in [0.3, 0.4) is 0 Å². The molecule has 1 amide bonds. The van der Waals surface area contributed by atoms with Crippen LogP contribution < -0.4 is 19.6 Å². The summed E-state index contributed by atoms with van der Waals surface area (Å²) in [7, 11) is 1.57. The largest absolute Gasteiger partial charge is 0.493 e. The van der Waals surface area contributed by atoms with Crippen molar-refractivity contribution in [1.82, 2.24) is 10.4 Å². The van der Waals surface area contributed by atoms with Gasteiger partial charge in [0.05, 0.1) is 17.8 Å². The number of hydrazone groups is 1. The van der Waals surface area contributed by atoms with E-state index < -0.39 is 5.91 Å². The average Bonchev–Trinajstić information content (AvgIpc) is 2.87. The predicted molar refractivity (Wildman–Crippen MR) is 147 cm³/mol. The molecule has 0 bridgehead atoms. The third-order valence-electron chi connectivity index (χ3n) is 4.91. The van der Waals surface area contributed by atoms with Gasteiger partial charge < -0.3 is 14.2 Å². The zero-order chi connectivity index (χ0) is 24.6. The lowest BCUT2D eigenvalue weighted by atomic mass is 10.2. The fraction of sp³-hybridized carbons (Fsp3) is 0.115. The normalized spacial score (nSPS) is 10.9. The van der Waals surface area contributed by atoms with Crippen molar-refractivity contribution in [3.8, 4) is 17.2 Å². The molecule has 35 heavy (non-hydrogen) atoms. The van der Waals surface area contributed by atoms with E-state index in [1.54, 1.807) is 25.4 Å². The van der Waals surface area contributed by atoms with Crippen molar-refractivity contribution in [1.29, 1.82) is 0 Å². The topological polar surface area (TPSA) is 82.0 Å². The molecule has 0 aliphatic heterocycles. The van der Waals surface area contributed by atoms with Crippen LogP contribution >= 0.6 is 38.5 Å². The van der Waals surface area contributed by atoms with E-state index in [0.29, 0.717) is 33.8 Å². The number of rotatable bonds is 9. The maximum absolute atomic E-state index is 12.2. The van der Waals surface area contributed by atoms with Gasteiger partial charge >= 0.3 is 0 Å². The molecule has 0 saturated heterocycles. The van der Waals surface area contributed by atoms with Crippen molar-refractivity contribution in [3.05, 3.63) is 92.1 Å². The van der Waals surface area contributed by atoms with E-state index in [4.69, 9.17) is 14.2 Å². The Hall–Kier alpha value is -3.18. The summed E-state index contributed by atoms with van der Waals surface area (Å²) in [6.45, 7) is 0.215. The molecule has 9 heteroatoms. The number of nitrogens with one attached hydrogen (secondary N) is 1. The predicted octanol–water partition coefficient (Wildman–Crippen LogP) is 5.72. The van der Waals surface area contributed by atoms with Gasteiger partial charge in [-0.25, -0.2) is 5.43 Å². The number of amides is 1. The quantitative estimate of drug-likeness (QED) is 0.143. The first-order valence-electron chi connectivity index (χ1n) is 10.6. The average molecular weight is 646 g/mol. The Balaban J connectivity index is 1.35. The summed E-state index contributed by atoms with van der Waals surface area (Å²) >= 11 is 5.80. The number of carbonyl (C=O) groups excluding carboxylic acids is 1. The van der Waals surface area contributed by atoms with Crippen LogP contribution in [0.15, 0.2) is 82.5 Å². The van der Waals surface area contributed by atoms with Crippen molar-refractivity contribution >= 4 is 61.5 Å². The molecule has 0 radical (unpaired) electrons. The number of halogens is 2. The van der Waals surface area contributed by atoms with E-state index in [1.165, 1.54) is 6.21 Å². The standard InChI is InChI=1S/C26H21BrIN3O4/c1-33-23-13-18(12-21(27)26(23)35-15-17-7-9-20(28)10-8-17)14-30-31-24(32)16-34-22-6-2-4-19-5-3-11-29-25(19)22/h2-14H,15-16H2,1H3,(H,31,32)/b30-14+. The van der Waals surface area contributed by atoms with Crippen LogP contribution in [0, 0.1) is 3.57 Å². The highest BCUT2D eigenvalue weighted by Gasteiger charge is 2.12. The van der Waals surface area contributed by atoms with Gasteiger partial charge in [0.15, 0.2) is 18.1 Å². The van der Waals surface area contributed by atoms with Gasteiger partial charge in [-0.3, -0.25) is 9.78 Å². The van der Waals surface area contributed by atoms with E-state index >= 15 is 0 Å². The van der Waals surface area contributed by atoms with Gasteiger partial charge in [0.25, 0.3) is 5.91 Å². The molecule has 0 spiro atoms. The molecule has 0 aliphatic rings. The summed E-state index contributed by atoms with van der Waals surface area (Å²) in [6, 6.07) is 21.1. The van der Waals surface area contributed by atoms with Crippen LogP contribution in [-0.4, -0.2) is 30.8 Å². The van der Waals surface area contributed by atoms with Crippen LogP contribution in [0.4, 0.5) is 0 Å². The number of hydrogen-bond acceptors (Lipinski definition) is 6. The van der Waals surface area contributed by atoms with Gasteiger partial charge in [-0.1, -0.05) is 30.3 Å². The van der Waals surface area contributed by atoms with Gasteiger partial charge in [0, 0.05) is 15.2 Å². The van der Waals surface area contributed by atoms with E-state index in [2.05, 4.69) is 54.0 Å². The number of hydrogen-bond donors (Lipinski definition) is 1. The Bertz CT molecular complexity index is 1360. The highest BCUT2D eigenvalue weighted by Crippen LogP contribution is 2.37. The first kappa shape index (κ1) is 24.9. The van der Waals surface area contributed by atoms with Crippen molar-refractivity contribution in [2.45, 2.75) is 6.61 Å². The number of fused-ring (bicyclic) bond motifs is 1. The minimum absolute atomic E-state index is 0.189. The fourth-order valence-electron chi connectivity index (χ4n) is 3.24. The Labute approximate surface area is 224 Å². The summed E-state index contributed by atoms with van der Waals surface area (Å²) in [4.78, 5) is 16.5. The number of ether oxygens (including phenoxy) is 3. The smallest absolute Gasteiger partial charge is 0.277 e. The van der Waals surface area contributed by atoms with E-state index in [1.807, 2.05) is 54.6 Å². The third-order valence-corrected chi connectivity index (χ3v) is 6.21. The van der Waals surface area contributed by atoms with Crippen molar-refractivity contribution in [2.75, 3.05) is 13.7 Å². The Morgan fingerprint density at radius 3 is 2.69 bits per heavy atom. The van der Waals surface area contributed by atoms with E-state index in [0.717, 1.165) is 20.1 Å². The van der Waals surface area contributed by atoms with Crippen LogP contribution in [0.25, 0.3) is 10.9 Å². The summed E-state index contributed by atoms with van der Waals surface area (Å²) < 4.78 is 19.0. The summed E-state index contributed by atoms with van der Waals surface area (Å²) in [6.07, 6.45) is 3.21. The summed E-state index contributed by atoms with van der Waals surface area (Å²) in [5.41, 5.74) is 4.94. The molecule has 0 saturated carbocycles. The summed E-state index contributed by atoms with van der Waals surface area (Å²) in [5.74, 6) is 1.28. The monoisotopic (exact) mass is 645 g/mol. The van der Waals surface area contributed by atoms with E-state index in [-0.39, 0.29) is 6.61 Å². The molecular weight excluding hydrogens is 625 g/mol. The number of aromatic nitrogens is 1. The highest BCUT2D eigenvalue weighted by molar-refractivity contribution is 14.1. The lowest BCUT2D eigenvalue weighted by Crippen LogP contribution is -2.24. The van der Waals surface area contributed by atoms with Gasteiger partial charge in [-0.05, 0) is 86.0 Å². The second-order valence-corrected chi connectivity index (χ2v) is 9.46. The van der Waals surface area contributed by atoms with E-state index in [9.17, 15) is 4.79 Å². The van der Waals surface area contributed by atoms with Crippen LogP contribution in [0.1, 0.15) is 11.1 Å². The molecule has 178 valence electrons. The maximum Gasteiger partial charge on any atom is 0.277 e. The first-order valence-corrected chi connectivity index (χ1v) is 12.4. The molecule has 4 rings (SSSR count). The minimum Gasteiger partial charge on any atom is -0.493 e. The second kappa shape index (κ2) is 12.0. The van der Waals surface area contributed by atoms with Gasteiger partial charge in [-0.2, -0.15) is 5.10 Å². The van der Waals surface area contributed by atoms with Crippen LogP contribution in [0.5, 0.6) is 17.2 Å². The number of benzene rings is 3. The number of methoxy groups -OCH3 is 1. The molecule has 0 aliphatic carbocycles. The van der Waals surface area contributed by atoms with Crippen LogP contribution in [-0.2, 0) is 11.4 Å². The zero-order valence-corrected chi connectivity index (χ0v) is 22.4. The third kappa shape index (κ3) is 6.70. The molecule has 0 fully saturated rings. The summed E-state index contributed by atoms with van der Waals surface area (Å²) in [5, 5.41) is 4.96.